The average molecular weight is 253 g/mol. The fraction of sp³-hybridized carbons (Fsp3) is 0.200. The number of imidazole rings is 1. The molecule has 2 aromatic heterocycles. The number of aromatic amines is 1. The molecule has 0 fully saturated rings. The van der Waals surface area contributed by atoms with Gasteiger partial charge in [0, 0.05) is 12.4 Å². The molecule has 19 heavy (non-hydrogen) atoms. The highest BCUT2D eigenvalue weighted by molar-refractivity contribution is 5.82. The Morgan fingerprint density at radius 3 is 2.74 bits per heavy atom. The maximum Gasteiger partial charge on any atom is 0.294 e. The zero-order valence-corrected chi connectivity index (χ0v) is 10.8. The number of ether oxygens (including phenoxy) is 1. The van der Waals surface area contributed by atoms with E-state index in [1.54, 1.807) is 12.4 Å². The second kappa shape index (κ2) is 5.10. The predicted octanol–water partition coefficient (Wildman–Crippen LogP) is 3.41. The summed E-state index contributed by atoms with van der Waals surface area (Å²) in [5.74, 6) is 0. The van der Waals surface area contributed by atoms with Crippen LogP contribution in [0.25, 0.3) is 22.2 Å². The second-order valence-electron chi connectivity index (χ2n) is 4.36. The first-order valence-corrected chi connectivity index (χ1v) is 6.40. The average Bonchev–Trinajstić information content (AvgIpc) is 2.87. The van der Waals surface area contributed by atoms with Crippen LogP contribution in [0.5, 0.6) is 6.01 Å². The van der Waals surface area contributed by atoms with Gasteiger partial charge in [0.2, 0.25) is 0 Å². The number of nitrogens with zero attached hydrogens (tertiary/aromatic N) is 2. The largest absolute Gasteiger partial charge is 0.465 e. The summed E-state index contributed by atoms with van der Waals surface area (Å²) in [4.78, 5) is 11.6. The lowest BCUT2D eigenvalue weighted by atomic mass is 10.1. The van der Waals surface area contributed by atoms with Gasteiger partial charge < -0.3 is 9.72 Å². The Morgan fingerprint density at radius 2 is 1.95 bits per heavy atom. The van der Waals surface area contributed by atoms with E-state index in [9.17, 15) is 0 Å². The second-order valence-corrected chi connectivity index (χ2v) is 4.36. The van der Waals surface area contributed by atoms with Gasteiger partial charge in [-0.3, -0.25) is 4.98 Å². The van der Waals surface area contributed by atoms with Gasteiger partial charge in [-0.1, -0.05) is 13.0 Å². The summed E-state index contributed by atoms with van der Waals surface area (Å²) >= 11 is 0. The van der Waals surface area contributed by atoms with E-state index in [1.807, 2.05) is 18.2 Å². The molecule has 4 heteroatoms. The number of pyridine rings is 1. The molecule has 3 aromatic rings. The molecule has 0 unspecified atom stereocenters. The molecule has 1 N–H and O–H groups in total. The molecular formula is C15H15N3O. The molecule has 1 aromatic carbocycles. The van der Waals surface area contributed by atoms with Crippen LogP contribution < -0.4 is 4.74 Å². The minimum Gasteiger partial charge on any atom is -0.465 e. The number of rotatable bonds is 4. The van der Waals surface area contributed by atoms with E-state index in [2.05, 4.69) is 34.0 Å². The molecule has 0 saturated heterocycles. The molecule has 4 nitrogen and oxygen atoms in total. The third-order valence-electron chi connectivity index (χ3n) is 2.92. The van der Waals surface area contributed by atoms with Crippen molar-refractivity contribution in [1.29, 1.82) is 0 Å². The van der Waals surface area contributed by atoms with Gasteiger partial charge in [-0.15, -0.1) is 0 Å². The first-order valence-electron chi connectivity index (χ1n) is 6.40. The van der Waals surface area contributed by atoms with Crippen molar-refractivity contribution in [3.63, 3.8) is 0 Å². The standard InChI is InChI=1S/C15H15N3O/c1-2-9-19-15-17-13-4-3-12(10-14(13)18-15)11-5-7-16-8-6-11/h3-8,10H,2,9H2,1H3,(H,17,18). The maximum atomic E-state index is 5.51. The van der Waals surface area contributed by atoms with Crippen LogP contribution in [-0.2, 0) is 0 Å². The summed E-state index contributed by atoms with van der Waals surface area (Å²) in [5.41, 5.74) is 4.19. The van der Waals surface area contributed by atoms with Crippen molar-refractivity contribution in [2.45, 2.75) is 13.3 Å². The number of hydrogen-bond acceptors (Lipinski definition) is 3. The van der Waals surface area contributed by atoms with Gasteiger partial charge in [0.25, 0.3) is 6.01 Å². The highest BCUT2D eigenvalue weighted by Gasteiger charge is 2.05. The summed E-state index contributed by atoms with van der Waals surface area (Å²) in [6, 6.07) is 10.7. The first-order chi connectivity index (χ1) is 9.36. The molecule has 96 valence electrons. The van der Waals surface area contributed by atoms with Gasteiger partial charge in [-0.2, -0.15) is 4.98 Å². The van der Waals surface area contributed by atoms with Crippen LogP contribution in [0.3, 0.4) is 0 Å². The van der Waals surface area contributed by atoms with Gasteiger partial charge in [0.15, 0.2) is 0 Å². The van der Waals surface area contributed by atoms with E-state index in [-0.39, 0.29) is 0 Å². The number of H-pyrrole nitrogens is 1. The van der Waals surface area contributed by atoms with Crippen LogP contribution in [0.4, 0.5) is 0 Å². The summed E-state index contributed by atoms with van der Waals surface area (Å²) in [7, 11) is 0. The summed E-state index contributed by atoms with van der Waals surface area (Å²) in [5, 5.41) is 0. The normalized spacial score (nSPS) is 10.8. The molecule has 0 radical (unpaired) electrons. The van der Waals surface area contributed by atoms with Crippen LogP contribution in [0.15, 0.2) is 42.7 Å². The summed E-state index contributed by atoms with van der Waals surface area (Å²) < 4.78 is 5.51. The number of hydrogen-bond donors (Lipinski definition) is 1. The highest BCUT2D eigenvalue weighted by Crippen LogP contribution is 2.24. The Balaban J connectivity index is 1.97. The molecule has 0 spiro atoms. The quantitative estimate of drug-likeness (QED) is 0.775. The number of nitrogens with one attached hydrogen (secondary N) is 1. The topological polar surface area (TPSA) is 50.8 Å². The van der Waals surface area contributed by atoms with Gasteiger partial charge >= 0.3 is 0 Å². The van der Waals surface area contributed by atoms with E-state index < -0.39 is 0 Å². The van der Waals surface area contributed by atoms with Crippen LogP contribution in [0.1, 0.15) is 13.3 Å². The Hall–Kier alpha value is -2.36. The highest BCUT2D eigenvalue weighted by atomic mass is 16.5. The van der Waals surface area contributed by atoms with Crippen molar-refractivity contribution in [3.8, 4) is 17.1 Å². The van der Waals surface area contributed by atoms with Crippen LogP contribution >= 0.6 is 0 Å². The summed E-state index contributed by atoms with van der Waals surface area (Å²) in [6.07, 6.45) is 4.56. The maximum absolute atomic E-state index is 5.51. The Morgan fingerprint density at radius 1 is 1.11 bits per heavy atom. The monoisotopic (exact) mass is 253 g/mol. The fourth-order valence-corrected chi connectivity index (χ4v) is 1.98. The molecule has 0 aliphatic carbocycles. The van der Waals surface area contributed by atoms with Gasteiger partial charge in [0.05, 0.1) is 17.6 Å². The molecule has 0 aliphatic rings. The summed E-state index contributed by atoms with van der Waals surface area (Å²) in [6.45, 7) is 2.75. The van der Waals surface area contributed by atoms with E-state index in [4.69, 9.17) is 4.74 Å². The molecule has 2 heterocycles. The Labute approximate surface area is 111 Å². The third-order valence-corrected chi connectivity index (χ3v) is 2.92. The van der Waals surface area contributed by atoms with E-state index in [1.165, 1.54) is 0 Å². The third kappa shape index (κ3) is 2.42. The molecule has 0 amide bonds. The lowest BCUT2D eigenvalue weighted by Crippen LogP contribution is -1.95. The number of fused-ring (bicyclic) bond motifs is 1. The molecule has 3 rings (SSSR count). The molecule has 0 bridgehead atoms. The van der Waals surface area contributed by atoms with E-state index in [0.29, 0.717) is 12.6 Å². The van der Waals surface area contributed by atoms with Crippen molar-refractivity contribution in [2.24, 2.45) is 0 Å². The Kier molecular flexibility index (Phi) is 3.14. The van der Waals surface area contributed by atoms with Crippen LogP contribution in [0.2, 0.25) is 0 Å². The van der Waals surface area contributed by atoms with Crippen LogP contribution in [-0.4, -0.2) is 21.6 Å². The molecule has 0 atom stereocenters. The van der Waals surface area contributed by atoms with E-state index >= 15 is 0 Å². The van der Waals surface area contributed by atoms with Gasteiger partial charge in [0.1, 0.15) is 0 Å². The lowest BCUT2D eigenvalue weighted by molar-refractivity contribution is 0.296. The predicted molar refractivity (Wildman–Crippen MR) is 75.1 cm³/mol. The zero-order valence-electron chi connectivity index (χ0n) is 10.8. The SMILES string of the molecule is CCCOc1nc2ccc(-c3ccncc3)cc2[nH]1. The minimum atomic E-state index is 0.587. The van der Waals surface area contributed by atoms with Crippen LogP contribution in [0, 0.1) is 0 Å². The molecule has 0 saturated carbocycles. The van der Waals surface area contributed by atoms with Crippen molar-refractivity contribution in [1.82, 2.24) is 15.0 Å². The fourth-order valence-electron chi connectivity index (χ4n) is 1.98. The molecule has 0 aliphatic heterocycles. The zero-order chi connectivity index (χ0) is 13.1. The van der Waals surface area contributed by atoms with Gasteiger partial charge in [-0.25, -0.2) is 0 Å². The van der Waals surface area contributed by atoms with Crippen molar-refractivity contribution in [3.05, 3.63) is 42.7 Å². The lowest BCUT2D eigenvalue weighted by Gasteiger charge is -2.00. The Bertz CT molecular complexity index is 676. The minimum absolute atomic E-state index is 0.587. The van der Waals surface area contributed by atoms with Crippen molar-refractivity contribution >= 4 is 11.0 Å². The van der Waals surface area contributed by atoms with Crippen molar-refractivity contribution < 1.29 is 4.74 Å². The van der Waals surface area contributed by atoms with Gasteiger partial charge in [-0.05, 0) is 41.8 Å². The molecular weight excluding hydrogens is 238 g/mol. The van der Waals surface area contributed by atoms with Crippen molar-refractivity contribution in [2.75, 3.05) is 6.61 Å². The number of benzene rings is 1. The first kappa shape index (κ1) is 11.7. The smallest absolute Gasteiger partial charge is 0.294 e. The van der Waals surface area contributed by atoms with E-state index in [0.717, 1.165) is 28.6 Å². The number of aromatic nitrogens is 3.